The number of hydrogen-bond acceptors (Lipinski definition) is 3. The molecule has 2 aliphatic rings. The third-order valence-corrected chi connectivity index (χ3v) is 4.26. The molecular weight excluding hydrogens is 226 g/mol. The van der Waals surface area contributed by atoms with Gasteiger partial charge in [0.1, 0.15) is 5.69 Å². The molecule has 1 aromatic heterocycles. The van der Waals surface area contributed by atoms with E-state index in [-0.39, 0.29) is 5.91 Å². The summed E-state index contributed by atoms with van der Waals surface area (Å²) < 4.78 is 0. The van der Waals surface area contributed by atoms with Crippen LogP contribution in [-0.4, -0.2) is 34.9 Å². The van der Waals surface area contributed by atoms with E-state index in [1.54, 1.807) is 12.3 Å². The molecule has 0 bridgehead atoms. The minimum Gasteiger partial charge on any atom is -0.337 e. The summed E-state index contributed by atoms with van der Waals surface area (Å²) in [5.74, 6) is 1.32. The van der Waals surface area contributed by atoms with Crippen molar-refractivity contribution in [2.45, 2.75) is 25.3 Å². The van der Waals surface area contributed by atoms with Gasteiger partial charge in [0, 0.05) is 25.3 Å². The topological polar surface area (TPSA) is 59.2 Å². The first-order chi connectivity index (χ1) is 8.74. The highest BCUT2D eigenvalue weighted by atomic mass is 16.2. The molecule has 1 amide bonds. The van der Waals surface area contributed by atoms with Gasteiger partial charge in [-0.05, 0) is 43.2 Å². The van der Waals surface area contributed by atoms with Crippen LogP contribution in [0.2, 0.25) is 0 Å². The molecular formula is C14H19N3O. The Morgan fingerprint density at radius 2 is 2.11 bits per heavy atom. The predicted molar refractivity (Wildman–Crippen MR) is 68.9 cm³/mol. The second-order valence-corrected chi connectivity index (χ2v) is 5.52. The normalized spacial score (nSPS) is 31.2. The van der Waals surface area contributed by atoms with Crippen molar-refractivity contribution in [2.24, 2.45) is 17.6 Å². The fourth-order valence-electron chi connectivity index (χ4n) is 3.28. The lowest BCUT2D eigenvalue weighted by Gasteiger charge is -2.27. The molecule has 0 spiro atoms. The molecule has 3 rings (SSSR count). The highest BCUT2D eigenvalue weighted by Crippen LogP contribution is 2.35. The van der Waals surface area contributed by atoms with Crippen molar-refractivity contribution in [3.8, 4) is 0 Å². The number of likely N-dealkylation sites (tertiary alicyclic amines) is 1. The Balaban J connectivity index is 1.70. The molecule has 2 heterocycles. The van der Waals surface area contributed by atoms with E-state index >= 15 is 0 Å². The minimum absolute atomic E-state index is 0.0681. The molecule has 2 fully saturated rings. The van der Waals surface area contributed by atoms with Gasteiger partial charge in [-0.2, -0.15) is 0 Å². The Bertz CT molecular complexity index is 434. The van der Waals surface area contributed by atoms with Crippen LogP contribution in [0.4, 0.5) is 0 Å². The Labute approximate surface area is 107 Å². The second-order valence-electron chi connectivity index (χ2n) is 5.52. The summed E-state index contributed by atoms with van der Waals surface area (Å²) in [6, 6.07) is 5.81. The van der Waals surface area contributed by atoms with Crippen molar-refractivity contribution in [3.05, 3.63) is 30.1 Å². The summed E-state index contributed by atoms with van der Waals surface area (Å²) in [6.45, 7) is 1.74. The lowest BCUT2D eigenvalue weighted by Crippen LogP contribution is -2.32. The van der Waals surface area contributed by atoms with Crippen molar-refractivity contribution in [1.82, 2.24) is 9.88 Å². The van der Waals surface area contributed by atoms with Crippen LogP contribution in [0.25, 0.3) is 0 Å². The van der Waals surface area contributed by atoms with Gasteiger partial charge in [0.25, 0.3) is 5.91 Å². The number of aromatic nitrogens is 1. The molecule has 1 saturated carbocycles. The molecule has 4 nitrogen and oxygen atoms in total. The monoisotopic (exact) mass is 245 g/mol. The van der Waals surface area contributed by atoms with Gasteiger partial charge >= 0.3 is 0 Å². The number of amides is 1. The van der Waals surface area contributed by atoms with Crippen molar-refractivity contribution in [1.29, 1.82) is 0 Å². The lowest BCUT2D eigenvalue weighted by molar-refractivity contribution is 0.0778. The van der Waals surface area contributed by atoms with E-state index in [2.05, 4.69) is 4.98 Å². The summed E-state index contributed by atoms with van der Waals surface area (Å²) in [5.41, 5.74) is 6.56. The first-order valence-corrected chi connectivity index (χ1v) is 6.70. The zero-order valence-corrected chi connectivity index (χ0v) is 10.5. The van der Waals surface area contributed by atoms with E-state index in [0.29, 0.717) is 23.6 Å². The molecule has 1 unspecified atom stereocenters. The maximum Gasteiger partial charge on any atom is 0.272 e. The average Bonchev–Trinajstić information content (AvgIpc) is 2.81. The van der Waals surface area contributed by atoms with Crippen LogP contribution in [-0.2, 0) is 0 Å². The van der Waals surface area contributed by atoms with Crippen molar-refractivity contribution in [3.63, 3.8) is 0 Å². The van der Waals surface area contributed by atoms with Crippen molar-refractivity contribution >= 4 is 5.91 Å². The molecule has 2 N–H and O–H groups in total. The Hall–Kier alpha value is -1.42. The van der Waals surface area contributed by atoms with Gasteiger partial charge in [0.15, 0.2) is 0 Å². The van der Waals surface area contributed by atoms with Crippen LogP contribution < -0.4 is 5.73 Å². The first-order valence-electron chi connectivity index (χ1n) is 6.70. The fourth-order valence-corrected chi connectivity index (χ4v) is 3.28. The molecule has 1 saturated heterocycles. The maximum atomic E-state index is 12.3. The Morgan fingerprint density at radius 3 is 2.89 bits per heavy atom. The summed E-state index contributed by atoms with van der Waals surface area (Å²) in [7, 11) is 0. The van der Waals surface area contributed by atoms with Crippen LogP contribution in [0.3, 0.4) is 0 Å². The van der Waals surface area contributed by atoms with E-state index in [9.17, 15) is 4.79 Å². The van der Waals surface area contributed by atoms with Gasteiger partial charge in [-0.15, -0.1) is 0 Å². The largest absolute Gasteiger partial charge is 0.337 e. The summed E-state index contributed by atoms with van der Waals surface area (Å²) in [5, 5.41) is 0. The quantitative estimate of drug-likeness (QED) is 0.811. The van der Waals surface area contributed by atoms with Gasteiger partial charge < -0.3 is 10.6 Å². The number of nitrogens with zero attached hydrogens (tertiary/aromatic N) is 2. The number of nitrogens with two attached hydrogens (primary N) is 1. The van der Waals surface area contributed by atoms with Gasteiger partial charge in [0.05, 0.1) is 0 Å². The van der Waals surface area contributed by atoms with Gasteiger partial charge in [-0.3, -0.25) is 9.78 Å². The number of hydrogen-bond donors (Lipinski definition) is 1. The highest BCUT2D eigenvalue weighted by molar-refractivity contribution is 5.92. The van der Waals surface area contributed by atoms with Crippen molar-refractivity contribution < 1.29 is 4.79 Å². The molecule has 0 aromatic carbocycles. The average molecular weight is 245 g/mol. The van der Waals surface area contributed by atoms with Gasteiger partial charge in [-0.1, -0.05) is 6.07 Å². The van der Waals surface area contributed by atoms with Crippen LogP contribution >= 0.6 is 0 Å². The second kappa shape index (κ2) is 4.69. The summed E-state index contributed by atoms with van der Waals surface area (Å²) in [4.78, 5) is 18.4. The van der Waals surface area contributed by atoms with Crippen LogP contribution in [0.5, 0.6) is 0 Å². The number of carbonyl (C=O) groups excluding carboxylic acids is 1. The minimum atomic E-state index is 0.0681. The fraction of sp³-hybridized carbons (Fsp3) is 0.571. The summed E-state index contributed by atoms with van der Waals surface area (Å²) >= 11 is 0. The number of carbonyl (C=O) groups is 1. The van der Waals surface area contributed by atoms with Crippen LogP contribution in [0.1, 0.15) is 29.8 Å². The molecule has 1 aromatic rings. The first kappa shape index (κ1) is 11.7. The third kappa shape index (κ3) is 2.12. The van der Waals surface area contributed by atoms with Crippen LogP contribution in [0.15, 0.2) is 24.4 Å². The number of fused-ring (bicyclic) bond motifs is 1. The van der Waals surface area contributed by atoms with Crippen molar-refractivity contribution in [2.75, 3.05) is 13.1 Å². The number of pyridine rings is 1. The smallest absolute Gasteiger partial charge is 0.272 e. The summed E-state index contributed by atoms with van der Waals surface area (Å²) in [6.07, 6.45) is 5.01. The zero-order chi connectivity index (χ0) is 12.5. The molecule has 18 heavy (non-hydrogen) atoms. The van der Waals surface area contributed by atoms with E-state index in [0.717, 1.165) is 32.4 Å². The third-order valence-electron chi connectivity index (χ3n) is 4.26. The van der Waals surface area contributed by atoms with E-state index in [1.807, 2.05) is 17.0 Å². The maximum absolute atomic E-state index is 12.3. The molecule has 1 aliphatic carbocycles. The standard InChI is InChI=1S/C14H19N3O/c15-12-5-4-10-8-17(9-11(10)7-12)14(18)13-3-1-2-6-16-13/h1-3,6,10-12H,4-5,7-9,15H2/t10-,11+,12?/m0/s1. The molecule has 96 valence electrons. The lowest BCUT2D eigenvalue weighted by atomic mass is 9.79. The molecule has 4 heteroatoms. The Morgan fingerprint density at radius 1 is 1.28 bits per heavy atom. The van der Waals surface area contributed by atoms with E-state index in [4.69, 9.17) is 5.73 Å². The highest BCUT2D eigenvalue weighted by Gasteiger charge is 2.38. The number of rotatable bonds is 1. The predicted octanol–water partition coefficient (Wildman–Crippen LogP) is 1.28. The zero-order valence-electron chi connectivity index (χ0n) is 10.5. The van der Waals surface area contributed by atoms with E-state index < -0.39 is 0 Å². The molecule has 0 radical (unpaired) electrons. The van der Waals surface area contributed by atoms with Gasteiger partial charge in [0.2, 0.25) is 0 Å². The molecule has 1 aliphatic heterocycles. The van der Waals surface area contributed by atoms with Crippen LogP contribution in [0, 0.1) is 11.8 Å². The molecule has 3 atom stereocenters. The van der Waals surface area contributed by atoms with Gasteiger partial charge in [-0.25, -0.2) is 0 Å². The SMILES string of the molecule is NC1CC[C@H]2CN(C(=O)c3ccccn3)C[C@H]2C1. The Kier molecular flexibility index (Phi) is 3.04. The van der Waals surface area contributed by atoms with E-state index in [1.165, 1.54) is 0 Å².